The minimum atomic E-state index is 1.23. The monoisotopic (exact) mass is 183 g/mol. The molecule has 0 saturated heterocycles. The first-order chi connectivity index (χ1) is 5.93. The second-order valence-electron chi connectivity index (χ2n) is 2.59. The lowest BCUT2D eigenvalue weighted by atomic mass is 10.1. The Labute approximate surface area is 80.5 Å². The summed E-state index contributed by atoms with van der Waals surface area (Å²) in [6.45, 7) is 2.23. The van der Waals surface area contributed by atoms with Gasteiger partial charge in [0, 0.05) is 0 Å². The molecule has 0 heterocycles. The lowest BCUT2D eigenvalue weighted by Crippen LogP contribution is -1.81. The zero-order valence-electron chi connectivity index (χ0n) is 7.53. The third kappa shape index (κ3) is 5.22. The minimum Gasteiger partial charge on any atom is -0.281 e. The smallest absolute Gasteiger partial charge is 0.0279 e. The van der Waals surface area contributed by atoms with Gasteiger partial charge in [0.2, 0.25) is 0 Å². The fraction of sp³-hybridized carbons (Fsp3) is 0.400. The van der Waals surface area contributed by atoms with Crippen LogP contribution in [0.3, 0.4) is 0 Å². The molecule has 0 radical (unpaired) electrons. The average Bonchev–Trinajstić information content (AvgIpc) is 2.19. The zero-order valence-corrected chi connectivity index (χ0v) is 8.43. The van der Waals surface area contributed by atoms with Crippen molar-refractivity contribution in [3.05, 3.63) is 35.9 Å². The van der Waals surface area contributed by atoms with Gasteiger partial charge in [-0.3, -0.25) is 5.14 Å². The molecule has 0 atom stereocenters. The molecule has 1 rings (SSSR count). The molecule has 0 aromatic heterocycles. The van der Waals surface area contributed by atoms with E-state index in [0.29, 0.717) is 0 Å². The van der Waals surface area contributed by atoms with Gasteiger partial charge in [0.25, 0.3) is 0 Å². The molecule has 0 aliphatic carbocycles. The molecule has 0 unspecified atom stereocenters. The van der Waals surface area contributed by atoms with Crippen molar-refractivity contribution in [1.29, 1.82) is 0 Å². The second kappa shape index (κ2) is 8.62. The Morgan fingerprint density at radius 1 is 1.17 bits per heavy atom. The van der Waals surface area contributed by atoms with Crippen LogP contribution in [0.2, 0.25) is 0 Å². The third-order valence-corrected chi connectivity index (χ3v) is 1.66. The summed E-state index contributed by atoms with van der Waals surface area (Å²) < 4.78 is 0. The number of thiol groups is 1. The van der Waals surface area contributed by atoms with E-state index >= 15 is 0 Å². The van der Waals surface area contributed by atoms with Crippen LogP contribution in [-0.2, 0) is 6.42 Å². The van der Waals surface area contributed by atoms with Crippen molar-refractivity contribution in [2.45, 2.75) is 26.2 Å². The molecule has 68 valence electrons. The van der Waals surface area contributed by atoms with Crippen LogP contribution < -0.4 is 5.14 Å². The summed E-state index contributed by atoms with van der Waals surface area (Å²) in [7, 11) is 0. The summed E-state index contributed by atoms with van der Waals surface area (Å²) in [6, 6.07) is 10.6. The SMILES string of the molecule is CCCCc1ccccc1.NS. The quantitative estimate of drug-likeness (QED) is 0.692. The predicted molar refractivity (Wildman–Crippen MR) is 58.2 cm³/mol. The van der Waals surface area contributed by atoms with Gasteiger partial charge in [0.1, 0.15) is 0 Å². The van der Waals surface area contributed by atoms with E-state index in [1.165, 1.54) is 24.8 Å². The molecular formula is C10H17NS. The first-order valence-corrected chi connectivity index (χ1v) is 4.75. The van der Waals surface area contributed by atoms with E-state index in [2.05, 4.69) is 55.2 Å². The largest absolute Gasteiger partial charge is 0.281 e. The fourth-order valence-electron chi connectivity index (χ4n) is 1.03. The number of rotatable bonds is 3. The molecule has 2 heteroatoms. The highest BCUT2D eigenvalue weighted by Gasteiger charge is 1.87. The summed E-state index contributed by atoms with van der Waals surface area (Å²) >= 11 is 3.03. The molecule has 1 aromatic rings. The number of benzene rings is 1. The Balaban J connectivity index is 0.000000561. The summed E-state index contributed by atoms with van der Waals surface area (Å²) in [5, 5.41) is 4.19. The molecule has 0 spiro atoms. The maximum atomic E-state index is 4.19. The van der Waals surface area contributed by atoms with E-state index in [-0.39, 0.29) is 0 Å². The van der Waals surface area contributed by atoms with E-state index in [1.54, 1.807) is 0 Å². The first-order valence-electron chi connectivity index (χ1n) is 4.23. The van der Waals surface area contributed by atoms with Gasteiger partial charge in [-0.05, 0) is 18.4 Å². The van der Waals surface area contributed by atoms with Crippen molar-refractivity contribution in [3.8, 4) is 0 Å². The molecule has 0 aliphatic rings. The van der Waals surface area contributed by atoms with E-state index in [1.807, 2.05) is 0 Å². The zero-order chi connectivity index (χ0) is 9.23. The van der Waals surface area contributed by atoms with Crippen LogP contribution in [0.25, 0.3) is 0 Å². The van der Waals surface area contributed by atoms with E-state index in [9.17, 15) is 0 Å². The maximum absolute atomic E-state index is 4.19. The highest BCUT2D eigenvalue weighted by atomic mass is 32.1. The van der Waals surface area contributed by atoms with Gasteiger partial charge in [-0.1, -0.05) is 43.7 Å². The predicted octanol–water partition coefficient (Wildman–Crippen LogP) is 2.82. The summed E-state index contributed by atoms with van der Waals surface area (Å²) in [5.41, 5.74) is 1.46. The number of hydrogen-bond acceptors (Lipinski definition) is 2. The Hall–Kier alpha value is -0.470. The van der Waals surface area contributed by atoms with Crippen LogP contribution >= 0.6 is 12.8 Å². The van der Waals surface area contributed by atoms with Gasteiger partial charge >= 0.3 is 0 Å². The second-order valence-corrected chi connectivity index (χ2v) is 2.59. The molecule has 12 heavy (non-hydrogen) atoms. The third-order valence-electron chi connectivity index (χ3n) is 1.66. The van der Waals surface area contributed by atoms with Crippen LogP contribution in [0, 0.1) is 0 Å². The number of aryl methyl sites for hydroxylation is 1. The van der Waals surface area contributed by atoms with Crippen LogP contribution in [0.4, 0.5) is 0 Å². The fourth-order valence-corrected chi connectivity index (χ4v) is 1.03. The van der Waals surface area contributed by atoms with Crippen molar-refractivity contribution in [2.24, 2.45) is 5.14 Å². The summed E-state index contributed by atoms with van der Waals surface area (Å²) in [4.78, 5) is 0. The van der Waals surface area contributed by atoms with E-state index < -0.39 is 0 Å². The normalized spacial score (nSPS) is 8.58. The van der Waals surface area contributed by atoms with E-state index in [0.717, 1.165) is 0 Å². The van der Waals surface area contributed by atoms with Crippen molar-refractivity contribution < 1.29 is 0 Å². The molecule has 1 nitrogen and oxygen atoms in total. The molecule has 0 bridgehead atoms. The van der Waals surface area contributed by atoms with Crippen LogP contribution in [0.5, 0.6) is 0 Å². The minimum absolute atomic E-state index is 1.23. The molecular weight excluding hydrogens is 166 g/mol. The van der Waals surface area contributed by atoms with Gasteiger partial charge in [-0.2, -0.15) is 0 Å². The topological polar surface area (TPSA) is 26.0 Å². The Kier molecular flexibility index (Phi) is 8.29. The maximum Gasteiger partial charge on any atom is -0.0279 e. The lowest BCUT2D eigenvalue weighted by Gasteiger charge is -1.96. The van der Waals surface area contributed by atoms with Gasteiger partial charge in [-0.25, -0.2) is 0 Å². The first kappa shape index (κ1) is 11.5. The van der Waals surface area contributed by atoms with Gasteiger partial charge < -0.3 is 0 Å². The number of nitrogens with two attached hydrogens (primary N) is 1. The highest BCUT2D eigenvalue weighted by Crippen LogP contribution is 2.03. The Bertz CT molecular complexity index is 174. The molecule has 0 saturated carbocycles. The van der Waals surface area contributed by atoms with Crippen LogP contribution in [0.15, 0.2) is 30.3 Å². The van der Waals surface area contributed by atoms with Crippen LogP contribution in [-0.4, -0.2) is 0 Å². The van der Waals surface area contributed by atoms with E-state index in [4.69, 9.17) is 0 Å². The van der Waals surface area contributed by atoms with Gasteiger partial charge in [0.05, 0.1) is 0 Å². The molecule has 0 amide bonds. The standard InChI is InChI=1S/C10H14.H3NS/c1-2-3-7-10-8-5-4-6-9-10;1-2/h4-6,8-9H,2-3,7H2,1H3;2H,1H2. The van der Waals surface area contributed by atoms with Crippen molar-refractivity contribution in [2.75, 3.05) is 0 Å². The average molecular weight is 183 g/mol. The van der Waals surface area contributed by atoms with Gasteiger partial charge in [-0.15, -0.1) is 12.8 Å². The van der Waals surface area contributed by atoms with Gasteiger partial charge in [0.15, 0.2) is 0 Å². The molecule has 1 aromatic carbocycles. The summed E-state index contributed by atoms with van der Waals surface area (Å²) in [5.74, 6) is 0. The lowest BCUT2D eigenvalue weighted by molar-refractivity contribution is 0.795. The molecule has 0 fully saturated rings. The Morgan fingerprint density at radius 2 is 1.75 bits per heavy atom. The summed E-state index contributed by atoms with van der Waals surface area (Å²) in [6.07, 6.45) is 3.83. The molecule has 0 aliphatic heterocycles. The van der Waals surface area contributed by atoms with Crippen LogP contribution in [0.1, 0.15) is 25.3 Å². The highest BCUT2D eigenvalue weighted by molar-refractivity contribution is 7.77. The molecule has 2 N–H and O–H groups in total. The van der Waals surface area contributed by atoms with Crippen molar-refractivity contribution in [1.82, 2.24) is 0 Å². The number of unbranched alkanes of at least 4 members (excludes halogenated alkanes) is 1. The Morgan fingerprint density at radius 3 is 2.25 bits per heavy atom. The number of hydrogen-bond donors (Lipinski definition) is 2. The van der Waals surface area contributed by atoms with Crippen molar-refractivity contribution in [3.63, 3.8) is 0 Å². The van der Waals surface area contributed by atoms with Crippen molar-refractivity contribution >= 4 is 12.8 Å².